The van der Waals surface area contributed by atoms with Crippen LogP contribution >= 0.6 is 0 Å². The van der Waals surface area contributed by atoms with Gasteiger partial charge in [-0.2, -0.15) is 0 Å². The second kappa shape index (κ2) is 4.24. The Hall–Kier alpha value is -1.38. The summed E-state index contributed by atoms with van der Waals surface area (Å²) in [4.78, 5) is 15.5. The lowest BCUT2D eigenvalue weighted by atomic mass is 9.79. The molecule has 0 bridgehead atoms. The van der Waals surface area contributed by atoms with Gasteiger partial charge in [-0.05, 0) is 25.8 Å². The molecule has 1 aromatic heterocycles. The fraction of sp³-hybridized carbons (Fsp3) is 0.538. The van der Waals surface area contributed by atoms with Gasteiger partial charge in [0.1, 0.15) is 6.29 Å². The number of hydrogen-bond acceptors (Lipinski definition) is 3. The molecule has 2 rings (SSSR count). The van der Waals surface area contributed by atoms with Crippen molar-refractivity contribution in [2.45, 2.75) is 44.9 Å². The van der Waals surface area contributed by atoms with Crippen molar-refractivity contribution in [3.8, 4) is 0 Å². The van der Waals surface area contributed by atoms with Gasteiger partial charge in [0.25, 0.3) is 0 Å². The van der Waals surface area contributed by atoms with E-state index in [4.69, 9.17) is 5.73 Å². The molecule has 1 aliphatic carbocycles. The van der Waals surface area contributed by atoms with E-state index in [9.17, 15) is 4.79 Å². The van der Waals surface area contributed by atoms with Crippen LogP contribution in [0, 0.1) is 6.92 Å². The van der Waals surface area contributed by atoms with E-state index in [1.807, 2.05) is 19.9 Å². The van der Waals surface area contributed by atoms with E-state index in [-0.39, 0.29) is 5.92 Å². The molecule has 1 aliphatic rings. The molecule has 86 valence electrons. The van der Waals surface area contributed by atoms with Gasteiger partial charge in [-0.15, -0.1) is 0 Å². The van der Waals surface area contributed by atoms with Crippen molar-refractivity contribution < 1.29 is 4.79 Å². The van der Waals surface area contributed by atoms with Crippen LogP contribution in [-0.2, 0) is 4.79 Å². The SMILES string of the molecule is Cc1cc(N)c(C(C)C=O)c(C2CCC2)n1. The van der Waals surface area contributed by atoms with Crippen molar-refractivity contribution in [2.75, 3.05) is 5.73 Å². The lowest BCUT2D eigenvalue weighted by Gasteiger charge is -2.28. The number of anilines is 1. The Labute approximate surface area is 96.1 Å². The largest absolute Gasteiger partial charge is 0.398 e. The number of aryl methyl sites for hydroxylation is 1. The molecule has 0 aliphatic heterocycles. The third-order valence-electron chi connectivity index (χ3n) is 3.40. The van der Waals surface area contributed by atoms with Crippen molar-refractivity contribution in [3.63, 3.8) is 0 Å². The van der Waals surface area contributed by atoms with Gasteiger partial charge in [0.2, 0.25) is 0 Å². The van der Waals surface area contributed by atoms with Crippen molar-refractivity contribution in [1.82, 2.24) is 4.98 Å². The van der Waals surface area contributed by atoms with Gasteiger partial charge < -0.3 is 10.5 Å². The lowest BCUT2D eigenvalue weighted by Crippen LogP contribution is -2.17. The number of aldehydes is 1. The first-order valence-corrected chi connectivity index (χ1v) is 5.85. The minimum atomic E-state index is -0.149. The zero-order chi connectivity index (χ0) is 11.7. The Balaban J connectivity index is 2.49. The Bertz CT molecular complexity index is 411. The van der Waals surface area contributed by atoms with Gasteiger partial charge in [-0.3, -0.25) is 4.98 Å². The summed E-state index contributed by atoms with van der Waals surface area (Å²) in [6.07, 6.45) is 4.56. The van der Waals surface area contributed by atoms with E-state index < -0.39 is 0 Å². The third-order valence-corrected chi connectivity index (χ3v) is 3.40. The van der Waals surface area contributed by atoms with Gasteiger partial charge in [0.15, 0.2) is 0 Å². The van der Waals surface area contributed by atoms with Crippen LogP contribution in [0.4, 0.5) is 5.69 Å². The third kappa shape index (κ3) is 1.82. The molecule has 0 aromatic carbocycles. The maximum atomic E-state index is 10.9. The smallest absolute Gasteiger partial charge is 0.127 e. The average molecular weight is 218 g/mol. The van der Waals surface area contributed by atoms with Crippen LogP contribution in [0.15, 0.2) is 6.07 Å². The molecule has 16 heavy (non-hydrogen) atoms. The molecular formula is C13H18N2O. The van der Waals surface area contributed by atoms with E-state index in [1.54, 1.807) is 0 Å². The molecule has 1 saturated carbocycles. The molecule has 1 unspecified atom stereocenters. The van der Waals surface area contributed by atoms with Crippen molar-refractivity contribution in [2.24, 2.45) is 0 Å². The average Bonchev–Trinajstić information content (AvgIpc) is 2.13. The van der Waals surface area contributed by atoms with Crippen LogP contribution in [0.2, 0.25) is 0 Å². The summed E-state index contributed by atoms with van der Waals surface area (Å²) in [6.45, 7) is 3.84. The molecule has 1 heterocycles. The molecule has 2 N–H and O–H groups in total. The number of rotatable bonds is 3. The van der Waals surface area contributed by atoms with E-state index >= 15 is 0 Å². The fourth-order valence-corrected chi connectivity index (χ4v) is 2.29. The number of hydrogen-bond donors (Lipinski definition) is 1. The molecule has 1 fully saturated rings. The lowest BCUT2D eigenvalue weighted by molar-refractivity contribution is -0.108. The summed E-state index contributed by atoms with van der Waals surface area (Å²) < 4.78 is 0. The van der Waals surface area contributed by atoms with Crippen LogP contribution in [-0.4, -0.2) is 11.3 Å². The summed E-state index contributed by atoms with van der Waals surface area (Å²) in [5, 5.41) is 0. The summed E-state index contributed by atoms with van der Waals surface area (Å²) in [5.74, 6) is 0.364. The maximum absolute atomic E-state index is 10.9. The van der Waals surface area contributed by atoms with Crippen LogP contribution in [0.25, 0.3) is 0 Å². The van der Waals surface area contributed by atoms with E-state index in [0.29, 0.717) is 11.6 Å². The van der Waals surface area contributed by atoms with Crippen molar-refractivity contribution in [1.29, 1.82) is 0 Å². The first kappa shape index (κ1) is 11.1. The highest BCUT2D eigenvalue weighted by Crippen LogP contribution is 2.40. The van der Waals surface area contributed by atoms with Gasteiger partial charge >= 0.3 is 0 Å². The summed E-state index contributed by atoms with van der Waals surface area (Å²) in [5.41, 5.74) is 9.69. The number of nitrogens with zero attached hydrogens (tertiary/aromatic N) is 1. The fourth-order valence-electron chi connectivity index (χ4n) is 2.29. The van der Waals surface area contributed by atoms with E-state index in [0.717, 1.165) is 23.2 Å². The first-order chi connectivity index (χ1) is 7.63. The highest BCUT2D eigenvalue weighted by molar-refractivity contribution is 5.68. The number of carbonyl (C=O) groups is 1. The first-order valence-electron chi connectivity index (χ1n) is 5.85. The zero-order valence-electron chi connectivity index (χ0n) is 9.86. The van der Waals surface area contributed by atoms with E-state index in [1.165, 1.54) is 19.3 Å². The zero-order valence-corrected chi connectivity index (χ0v) is 9.86. The Morgan fingerprint density at radius 3 is 2.75 bits per heavy atom. The number of nitrogen functional groups attached to an aromatic ring is 1. The molecule has 0 amide bonds. The van der Waals surface area contributed by atoms with Crippen LogP contribution < -0.4 is 5.73 Å². The highest BCUT2D eigenvalue weighted by Gasteiger charge is 2.27. The van der Waals surface area contributed by atoms with Gasteiger partial charge in [-0.1, -0.05) is 13.3 Å². The van der Waals surface area contributed by atoms with Gasteiger partial charge in [0, 0.05) is 34.5 Å². The topological polar surface area (TPSA) is 56.0 Å². The molecule has 1 aromatic rings. The van der Waals surface area contributed by atoms with E-state index in [2.05, 4.69) is 4.98 Å². The van der Waals surface area contributed by atoms with Crippen molar-refractivity contribution in [3.05, 3.63) is 23.0 Å². The summed E-state index contributed by atoms with van der Waals surface area (Å²) in [7, 11) is 0. The minimum Gasteiger partial charge on any atom is -0.398 e. The number of aromatic nitrogens is 1. The molecular weight excluding hydrogens is 200 g/mol. The predicted molar refractivity (Wildman–Crippen MR) is 64.5 cm³/mol. The van der Waals surface area contributed by atoms with Gasteiger partial charge in [-0.25, -0.2) is 0 Å². The normalized spacial score (nSPS) is 17.9. The quantitative estimate of drug-likeness (QED) is 0.793. The molecule has 0 radical (unpaired) electrons. The molecule has 1 atom stereocenters. The standard InChI is InChI=1S/C13H18N2O/c1-8(7-16)12-11(14)6-9(2)15-13(12)10-4-3-5-10/h6-8,10H,3-5H2,1-2H3,(H2,14,15). The van der Waals surface area contributed by atoms with Crippen molar-refractivity contribution >= 4 is 12.0 Å². The summed E-state index contributed by atoms with van der Waals surface area (Å²) in [6, 6.07) is 1.86. The van der Waals surface area contributed by atoms with Gasteiger partial charge in [0.05, 0.1) is 0 Å². The summed E-state index contributed by atoms with van der Waals surface area (Å²) >= 11 is 0. The number of nitrogens with two attached hydrogens (primary N) is 1. The molecule has 0 saturated heterocycles. The van der Waals surface area contributed by atoms with Crippen LogP contribution in [0.3, 0.4) is 0 Å². The Morgan fingerprint density at radius 2 is 2.25 bits per heavy atom. The van der Waals surface area contributed by atoms with Crippen LogP contribution in [0.5, 0.6) is 0 Å². The maximum Gasteiger partial charge on any atom is 0.127 e. The Kier molecular flexibility index (Phi) is 2.95. The molecule has 3 heteroatoms. The minimum absolute atomic E-state index is 0.149. The second-order valence-electron chi connectivity index (χ2n) is 4.70. The predicted octanol–water partition coefficient (Wildman–Crippen LogP) is 2.54. The van der Waals surface area contributed by atoms with Crippen LogP contribution in [0.1, 0.15) is 55.0 Å². The second-order valence-corrected chi connectivity index (χ2v) is 4.70. The number of pyridine rings is 1. The Morgan fingerprint density at radius 1 is 1.56 bits per heavy atom. The molecule has 0 spiro atoms. The molecule has 3 nitrogen and oxygen atoms in total. The monoisotopic (exact) mass is 218 g/mol. The number of carbonyl (C=O) groups excluding carboxylic acids is 1. The highest BCUT2D eigenvalue weighted by atomic mass is 16.1.